The summed E-state index contributed by atoms with van der Waals surface area (Å²) < 4.78 is 9.62. The van der Waals surface area contributed by atoms with Crippen LogP contribution in [0.4, 0.5) is 0 Å². The maximum Gasteiger partial charge on any atom is 0.320 e. The number of hydrogen-bond donors (Lipinski definition) is 2. The van der Waals surface area contributed by atoms with Gasteiger partial charge in [0.2, 0.25) is 12.1 Å². The molecule has 0 amide bonds. The predicted molar refractivity (Wildman–Crippen MR) is 166 cm³/mol. The highest BCUT2D eigenvalue weighted by Crippen LogP contribution is 2.63. The Morgan fingerprint density at radius 1 is 0.729 bits per heavy atom. The highest BCUT2D eigenvalue weighted by molar-refractivity contribution is 6.32. The fraction of sp³-hybridized carbons (Fsp3) is 0.500. The van der Waals surface area contributed by atoms with Gasteiger partial charge >= 0.3 is 11.9 Å². The number of fused-ring (bicyclic) bond motifs is 4. The molecule has 0 aromatic heterocycles. The second-order valence-corrected chi connectivity index (χ2v) is 13.6. The topological polar surface area (TPSA) is 213 Å². The smallest absolute Gasteiger partial charge is 0.320 e. The predicted octanol–water partition coefficient (Wildman–Crippen LogP) is 3.45. The van der Waals surface area contributed by atoms with Crippen LogP contribution in [0.3, 0.4) is 0 Å². The van der Waals surface area contributed by atoms with Crippen molar-refractivity contribution in [1.82, 2.24) is 0 Å². The molecule has 2 aromatic rings. The summed E-state index contributed by atoms with van der Waals surface area (Å²) in [6.45, 7) is 0. The van der Waals surface area contributed by atoms with Gasteiger partial charge in [-0.1, -0.05) is 59.6 Å². The average molecular weight is 708 g/mol. The number of methoxy groups -OCH3 is 2. The molecule has 4 aliphatic carbocycles. The lowest BCUT2D eigenvalue weighted by Crippen LogP contribution is -2.47. The number of carbonyl (C=O) groups is 4. The fourth-order valence-electron chi connectivity index (χ4n) is 8.63. The molecule has 4 bridgehead atoms. The Bertz CT molecular complexity index is 1580. The van der Waals surface area contributed by atoms with Crippen molar-refractivity contribution in [3.05, 3.63) is 89.9 Å². The number of halogens is 2. The van der Waals surface area contributed by atoms with Crippen molar-refractivity contribution in [3.8, 4) is 0 Å². The van der Waals surface area contributed by atoms with Crippen LogP contribution in [-0.2, 0) is 28.7 Å². The number of carbonyl (C=O) groups excluding carboxylic acids is 4. The standard InChI is InChI=1S/2C16H16ClNO6/c2*1-24-14(20)16-8-15(21,7-6-11(16)19)13(18(22)23)12(16)9-4-2-3-5-10(9)17/h2*2-5,12-13,21H,6-8H2,1H3/t2*12-,13-,15+,16+/m11/s1. The van der Waals surface area contributed by atoms with E-state index in [1.807, 2.05) is 0 Å². The van der Waals surface area contributed by atoms with E-state index in [-0.39, 0.29) is 48.6 Å². The van der Waals surface area contributed by atoms with Gasteiger partial charge in [-0.3, -0.25) is 39.4 Å². The molecule has 4 aliphatic rings. The minimum absolute atomic E-state index is 0.0584. The fourth-order valence-corrected chi connectivity index (χ4v) is 9.14. The lowest BCUT2D eigenvalue weighted by Gasteiger charge is -2.33. The van der Waals surface area contributed by atoms with Gasteiger partial charge in [-0.15, -0.1) is 0 Å². The van der Waals surface area contributed by atoms with Gasteiger partial charge in [0.15, 0.2) is 11.6 Å². The molecule has 2 N–H and O–H groups in total. The quantitative estimate of drug-likeness (QED) is 0.191. The molecular weight excluding hydrogens is 675 g/mol. The Labute approximate surface area is 283 Å². The zero-order valence-electron chi connectivity index (χ0n) is 25.8. The zero-order chi connectivity index (χ0) is 35.4. The van der Waals surface area contributed by atoms with Crippen molar-refractivity contribution >= 4 is 46.7 Å². The third-order valence-corrected chi connectivity index (χ3v) is 11.3. The first-order chi connectivity index (χ1) is 22.6. The van der Waals surface area contributed by atoms with Crippen LogP contribution in [0, 0.1) is 31.1 Å². The molecule has 0 saturated heterocycles. The van der Waals surface area contributed by atoms with Gasteiger partial charge in [-0.2, -0.15) is 0 Å². The minimum atomic E-state index is -1.79. The third-order valence-electron chi connectivity index (χ3n) is 10.6. The molecule has 14 nitrogen and oxygen atoms in total. The Balaban J connectivity index is 0.000000188. The summed E-state index contributed by atoms with van der Waals surface area (Å²) in [5.41, 5.74) is -6.48. The van der Waals surface area contributed by atoms with E-state index in [1.165, 1.54) is 12.1 Å². The van der Waals surface area contributed by atoms with Gasteiger partial charge in [0.1, 0.15) is 22.0 Å². The lowest BCUT2D eigenvalue weighted by atomic mass is 9.67. The van der Waals surface area contributed by atoms with E-state index < -0.39 is 79.3 Å². The normalized spacial score (nSPS) is 34.9. The van der Waals surface area contributed by atoms with Gasteiger partial charge in [0, 0.05) is 45.6 Å². The summed E-state index contributed by atoms with van der Waals surface area (Å²) in [7, 11) is 2.25. The zero-order valence-corrected chi connectivity index (χ0v) is 27.3. The van der Waals surface area contributed by atoms with Gasteiger partial charge in [-0.05, 0) is 36.1 Å². The Morgan fingerprint density at radius 3 is 1.35 bits per heavy atom. The first kappa shape index (κ1) is 35.3. The molecule has 0 aliphatic heterocycles. The van der Waals surface area contributed by atoms with Gasteiger partial charge in [-0.25, -0.2) is 0 Å². The summed E-state index contributed by atoms with van der Waals surface area (Å²) in [5.74, 6) is -4.97. The van der Waals surface area contributed by atoms with E-state index in [0.29, 0.717) is 11.1 Å². The SMILES string of the molecule is COC(=O)[C@@]12C[C@@](O)(CCC1=O)[C@H]([N+](=O)[O-])[C@H]2c1ccccc1Cl.COC(=O)[C@@]12C[C@@](O)(CCC1=O)[C@H]([N+](=O)[O-])[C@H]2c1ccccc1Cl. The van der Waals surface area contributed by atoms with E-state index in [9.17, 15) is 49.6 Å². The minimum Gasteiger partial charge on any atom is -0.468 e. The number of ether oxygens (including phenoxy) is 2. The summed E-state index contributed by atoms with van der Waals surface area (Å²) >= 11 is 12.4. The van der Waals surface area contributed by atoms with E-state index in [1.54, 1.807) is 36.4 Å². The van der Waals surface area contributed by atoms with E-state index in [0.717, 1.165) is 14.2 Å². The molecule has 8 atom stereocenters. The maximum absolute atomic E-state index is 12.7. The van der Waals surface area contributed by atoms with Gasteiger partial charge in [0.05, 0.1) is 26.1 Å². The molecule has 2 aromatic carbocycles. The van der Waals surface area contributed by atoms with Crippen molar-refractivity contribution < 1.29 is 48.7 Å². The summed E-state index contributed by atoms with van der Waals surface area (Å²) in [6, 6.07) is 9.69. The number of aliphatic hydroxyl groups is 2. The van der Waals surface area contributed by atoms with Crippen molar-refractivity contribution in [2.75, 3.05) is 14.2 Å². The molecule has 0 radical (unpaired) electrons. The Hall–Kier alpha value is -3.98. The number of ketones is 2. The second kappa shape index (κ2) is 12.5. The van der Waals surface area contributed by atoms with Crippen LogP contribution >= 0.6 is 23.2 Å². The average Bonchev–Trinajstić information content (AvgIpc) is 3.43. The number of rotatable bonds is 6. The van der Waals surface area contributed by atoms with Crippen LogP contribution in [0.2, 0.25) is 10.0 Å². The summed E-state index contributed by atoms with van der Waals surface area (Å²) in [5, 5.41) is 45.6. The van der Waals surface area contributed by atoms with Gasteiger partial charge in [0.25, 0.3) is 0 Å². The van der Waals surface area contributed by atoms with Crippen LogP contribution < -0.4 is 0 Å². The summed E-state index contributed by atoms with van der Waals surface area (Å²) in [4.78, 5) is 72.7. The lowest BCUT2D eigenvalue weighted by molar-refractivity contribution is -0.544. The molecule has 256 valence electrons. The number of hydrogen-bond acceptors (Lipinski definition) is 12. The summed E-state index contributed by atoms with van der Waals surface area (Å²) in [6.07, 6.45) is -0.998. The van der Waals surface area contributed by atoms with Crippen LogP contribution in [0.15, 0.2) is 48.5 Å². The number of Topliss-reactive ketones (excluding diaryl/α,β-unsaturated/α-hetero) is 2. The first-order valence-corrected chi connectivity index (χ1v) is 15.8. The highest BCUT2D eigenvalue weighted by Gasteiger charge is 2.76. The Morgan fingerprint density at radius 2 is 1.06 bits per heavy atom. The monoisotopic (exact) mass is 706 g/mol. The molecule has 4 saturated carbocycles. The number of nitrogens with zero attached hydrogens (tertiary/aromatic N) is 2. The molecule has 0 spiro atoms. The largest absolute Gasteiger partial charge is 0.468 e. The van der Waals surface area contributed by atoms with Crippen molar-refractivity contribution in [2.45, 2.75) is 73.6 Å². The molecular formula is C32H32Cl2N2O12. The highest BCUT2D eigenvalue weighted by atomic mass is 35.5. The van der Waals surface area contributed by atoms with Gasteiger partial charge < -0.3 is 19.7 Å². The molecule has 4 fully saturated rings. The van der Waals surface area contributed by atoms with Crippen LogP contribution in [0.1, 0.15) is 61.5 Å². The van der Waals surface area contributed by atoms with Crippen LogP contribution in [0.5, 0.6) is 0 Å². The van der Waals surface area contributed by atoms with Crippen molar-refractivity contribution in [2.24, 2.45) is 10.8 Å². The number of nitro groups is 2. The maximum atomic E-state index is 12.7. The molecule has 0 unspecified atom stereocenters. The second-order valence-electron chi connectivity index (χ2n) is 12.8. The third kappa shape index (κ3) is 5.08. The number of esters is 2. The van der Waals surface area contributed by atoms with E-state index >= 15 is 0 Å². The Kier molecular flexibility index (Phi) is 9.18. The molecule has 16 heteroatoms. The van der Waals surface area contributed by atoms with Crippen LogP contribution in [-0.4, -0.2) is 81.1 Å². The molecule has 48 heavy (non-hydrogen) atoms. The van der Waals surface area contributed by atoms with Crippen molar-refractivity contribution in [3.63, 3.8) is 0 Å². The van der Waals surface area contributed by atoms with Crippen molar-refractivity contribution in [1.29, 1.82) is 0 Å². The first-order valence-electron chi connectivity index (χ1n) is 15.0. The molecule has 0 heterocycles. The van der Waals surface area contributed by atoms with E-state index in [2.05, 4.69) is 0 Å². The van der Waals surface area contributed by atoms with Crippen LogP contribution in [0.25, 0.3) is 0 Å². The van der Waals surface area contributed by atoms with E-state index in [4.69, 9.17) is 32.7 Å². The molecule has 6 rings (SSSR count). The number of benzene rings is 2.